The van der Waals surface area contributed by atoms with Crippen molar-refractivity contribution in [1.82, 2.24) is 9.97 Å². The van der Waals surface area contributed by atoms with Crippen molar-refractivity contribution in [3.8, 4) is 56.2 Å². The lowest BCUT2D eigenvalue weighted by atomic mass is 9.67. The summed E-state index contributed by atoms with van der Waals surface area (Å²) < 4.78 is 2.53. The van der Waals surface area contributed by atoms with Crippen LogP contribution in [0.2, 0.25) is 0 Å². The van der Waals surface area contributed by atoms with E-state index in [0.717, 1.165) is 33.6 Å². The fraction of sp³-hybridized carbons (Fsp3) is 0.0189. The highest BCUT2D eigenvalue weighted by atomic mass is 32.1. The summed E-state index contributed by atoms with van der Waals surface area (Å²) in [5, 5.41) is 2.49. The number of benzene rings is 8. The van der Waals surface area contributed by atoms with Gasteiger partial charge in [-0.1, -0.05) is 188 Å². The second kappa shape index (κ2) is 13.1. The summed E-state index contributed by atoms with van der Waals surface area (Å²) in [6, 6.07) is 74.4. The summed E-state index contributed by atoms with van der Waals surface area (Å²) in [5.74, 6) is 0.709. The molecule has 0 fully saturated rings. The van der Waals surface area contributed by atoms with Crippen LogP contribution in [0, 0.1) is 0 Å². The molecule has 0 saturated carbocycles. The molecule has 0 bridgehead atoms. The first kappa shape index (κ1) is 32.5. The van der Waals surface area contributed by atoms with Gasteiger partial charge in [-0.3, -0.25) is 0 Å². The summed E-state index contributed by atoms with van der Waals surface area (Å²) >= 11 is 1.83. The molecule has 8 aromatic carbocycles. The fourth-order valence-corrected chi connectivity index (χ4v) is 10.2. The molecular formula is C53H34N2S. The number of hydrogen-bond donors (Lipinski definition) is 0. The predicted octanol–water partition coefficient (Wildman–Crippen LogP) is 13.9. The Morgan fingerprint density at radius 2 is 0.893 bits per heavy atom. The molecule has 0 radical (unpaired) electrons. The zero-order valence-electron chi connectivity index (χ0n) is 30.4. The maximum Gasteiger partial charge on any atom is 0.160 e. The van der Waals surface area contributed by atoms with Gasteiger partial charge in [-0.05, 0) is 62.7 Å². The quantitative estimate of drug-likeness (QED) is 0.170. The van der Waals surface area contributed by atoms with E-state index in [4.69, 9.17) is 9.97 Å². The standard InChI is InChI=1S/C53H34N2S/c1-4-18-35(19-5-1)52-54-46(34-47(55-52)42-29-17-33-49-51(42)43-27-13-15-32-48(43)56-49)39-25-11-10-24-38(39)40-28-16-31-45-50(40)41-26-12-14-30-44(41)53(45,36-20-6-2-7-21-36)37-22-8-3-9-23-37/h1-34H. The van der Waals surface area contributed by atoms with Gasteiger partial charge in [-0.25, -0.2) is 9.97 Å². The van der Waals surface area contributed by atoms with Crippen LogP contribution in [0.5, 0.6) is 0 Å². The highest BCUT2D eigenvalue weighted by Crippen LogP contribution is 2.58. The van der Waals surface area contributed by atoms with Crippen LogP contribution in [-0.4, -0.2) is 9.97 Å². The smallest absolute Gasteiger partial charge is 0.160 e. The number of nitrogens with zero attached hydrogens (tertiary/aromatic N) is 2. The molecule has 2 aromatic heterocycles. The second-order valence-electron chi connectivity index (χ2n) is 14.4. The van der Waals surface area contributed by atoms with Gasteiger partial charge in [-0.2, -0.15) is 0 Å². The lowest BCUT2D eigenvalue weighted by Gasteiger charge is -2.34. The molecule has 0 atom stereocenters. The third kappa shape index (κ3) is 4.95. The van der Waals surface area contributed by atoms with Gasteiger partial charge in [0.2, 0.25) is 0 Å². The molecule has 2 nitrogen and oxygen atoms in total. The Labute approximate surface area is 330 Å². The number of aromatic nitrogens is 2. The van der Waals surface area contributed by atoms with Gasteiger partial charge in [0.25, 0.3) is 0 Å². The third-order valence-electron chi connectivity index (χ3n) is 11.4. The van der Waals surface area contributed by atoms with E-state index in [9.17, 15) is 0 Å². The molecule has 0 amide bonds. The fourth-order valence-electron chi connectivity index (χ4n) is 9.09. The third-order valence-corrected chi connectivity index (χ3v) is 12.5. The minimum Gasteiger partial charge on any atom is -0.228 e. The van der Waals surface area contributed by atoms with Gasteiger partial charge < -0.3 is 0 Å². The molecule has 0 N–H and O–H groups in total. The van der Waals surface area contributed by atoms with E-state index in [1.807, 2.05) is 17.4 Å². The van der Waals surface area contributed by atoms with E-state index in [1.165, 1.54) is 59.1 Å². The summed E-state index contributed by atoms with van der Waals surface area (Å²) in [6.45, 7) is 0. The molecule has 11 rings (SSSR count). The van der Waals surface area contributed by atoms with Gasteiger partial charge in [-0.15, -0.1) is 11.3 Å². The van der Waals surface area contributed by atoms with Gasteiger partial charge in [0.1, 0.15) is 0 Å². The van der Waals surface area contributed by atoms with Crippen LogP contribution in [0.4, 0.5) is 0 Å². The molecule has 56 heavy (non-hydrogen) atoms. The highest BCUT2D eigenvalue weighted by molar-refractivity contribution is 7.25. The van der Waals surface area contributed by atoms with Crippen molar-refractivity contribution in [3.63, 3.8) is 0 Å². The lowest BCUT2D eigenvalue weighted by molar-refractivity contribution is 0.768. The van der Waals surface area contributed by atoms with Gasteiger partial charge in [0.05, 0.1) is 16.8 Å². The molecular weight excluding hydrogens is 697 g/mol. The maximum absolute atomic E-state index is 5.37. The van der Waals surface area contributed by atoms with Crippen LogP contribution in [0.25, 0.3) is 76.3 Å². The Morgan fingerprint density at radius 1 is 0.375 bits per heavy atom. The summed E-state index contributed by atoms with van der Waals surface area (Å²) in [4.78, 5) is 10.7. The molecule has 3 heteroatoms. The predicted molar refractivity (Wildman–Crippen MR) is 234 cm³/mol. The van der Waals surface area contributed by atoms with Crippen molar-refractivity contribution in [1.29, 1.82) is 0 Å². The van der Waals surface area contributed by atoms with Crippen LogP contribution in [0.15, 0.2) is 206 Å². The number of thiophene rings is 1. The van der Waals surface area contributed by atoms with Crippen molar-refractivity contribution in [2.75, 3.05) is 0 Å². The second-order valence-corrected chi connectivity index (χ2v) is 15.5. The van der Waals surface area contributed by atoms with Crippen molar-refractivity contribution >= 4 is 31.5 Å². The number of rotatable bonds is 6. The average Bonchev–Trinajstić information content (AvgIpc) is 3.81. The molecule has 2 heterocycles. The number of hydrogen-bond acceptors (Lipinski definition) is 3. The minimum atomic E-state index is -0.482. The first-order valence-electron chi connectivity index (χ1n) is 19.1. The molecule has 1 aliphatic rings. The molecule has 0 aliphatic heterocycles. The monoisotopic (exact) mass is 730 g/mol. The van der Waals surface area contributed by atoms with E-state index in [1.54, 1.807) is 0 Å². The summed E-state index contributed by atoms with van der Waals surface area (Å²) in [6.07, 6.45) is 0. The summed E-state index contributed by atoms with van der Waals surface area (Å²) in [7, 11) is 0. The summed E-state index contributed by atoms with van der Waals surface area (Å²) in [5.41, 5.74) is 14.4. The van der Waals surface area contributed by atoms with E-state index in [-0.39, 0.29) is 0 Å². The van der Waals surface area contributed by atoms with E-state index in [0.29, 0.717) is 5.82 Å². The molecule has 0 spiro atoms. The van der Waals surface area contributed by atoms with Crippen LogP contribution in [-0.2, 0) is 5.41 Å². The maximum atomic E-state index is 5.37. The van der Waals surface area contributed by atoms with E-state index < -0.39 is 5.41 Å². The van der Waals surface area contributed by atoms with Crippen LogP contribution < -0.4 is 0 Å². The molecule has 0 unspecified atom stereocenters. The van der Waals surface area contributed by atoms with Gasteiger partial charge >= 0.3 is 0 Å². The molecule has 262 valence electrons. The minimum absolute atomic E-state index is 0.482. The molecule has 10 aromatic rings. The van der Waals surface area contributed by atoms with Gasteiger partial charge in [0.15, 0.2) is 5.82 Å². The van der Waals surface area contributed by atoms with Crippen molar-refractivity contribution in [2.24, 2.45) is 0 Å². The first-order valence-corrected chi connectivity index (χ1v) is 19.9. The normalized spacial score (nSPS) is 12.8. The largest absolute Gasteiger partial charge is 0.228 e. The van der Waals surface area contributed by atoms with E-state index >= 15 is 0 Å². The zero-order valence-corrected chi connectivity index (χ0v) is 31.2. The Hall–Kier alpha value is -6.94. The number of fused-ring (bicyclic) bond motifs is 6. The van der Waals surface area contributed by atoms with Crippen molar-refractivity contribution in [2.45, 2.75) is 5.41 Å². The van der Waals surface area contributed by atoms with Gasteiger partial charge in [0, 0.05) is 36.9 Å². The van der Waals surface area contributed by atoms with Crippen molar-refractivity contribution in [3.05, 3.63) is 229 Å². The first-order chi connectivity index (χ1) is 27.8. The van der Waals surface area contributed by atoms with E-state index in [2.05, 4.69) is 200 Å². The highest BCUT2D eigenvalue weighted by Gasteiger charge is 2.46. The molecule has 0 saturated heterocycles. The van der Waals surface area contributed by atoms with Crippen LogP contribution in [0.3, 0.4) is 0 Å². The Balaban J connectivity index is 1.18. The Bertz CT molecular complexity index is 3040. The SMILES string of the molecule is c1ccc(-c2nc(-c3ccccc3-c3cccc4c3-c3ccccc3C4(c3ccccc3)c3ccccc3)cc(-c3cccc4sc5ccccc5c34)n2)cc1. The van der Waals surface area contributed by atoms with Crippen molar-refractivity contribution < 1.29 is 0 Å². The zero-order chi connectivity index (χ0) is 37.1. The van der Waals surface area contributed by atoms with Crippen LogP contribution >= 0.6 is 11.3 Å². The molecule has 1 aliphatic carbocycles. The topological polar surface area (TPSA) is 25.8 Å². The Morgan fingerprint density at radius 3 is 1.64 bits per heavy atom. The Kier molecular flexibility index (Phi) is 7.61. The lowest BCUT2D eigenvalue weighted by Crippen LogP contribution is -2.28. The van der Waals surface area contributed by atoms with Crippen LogP contribution in [0.1, 0.15) is 22.3 Å². The average molecular weight is 731 g/mol.